The molecule has 0 aromatic heterocycles. The fourth-order valence-corrected chi connectivity index (χ4v) is 1.48. The summed E-state index contributed by atoms with van der Waals surface area (Å²) in [5, 5.41) is 10.6. The van der Waals surface area contributed by atoms with Gasteiger partial charge in [0.15, 0.2) is 6.29 Å². The zero-order valence-electron chi connectivity index (χ0n) is 7.95. The number of ether oxygens (including phenoxy) is 1. The lowest BCUT2D eigenvalue weighted by atomic mass is 10.1. The van der Waals surface area contributed by atoms with Crippen LogP contribution in [0.1, 0.15) is 15.9 Å². The Balaban J connectivity index is 3.28. The first-order valence-electron chi connectivity index (χ1n) is 4.10. The molecule has 0 aliphatic rings. The number of hydrogen-bond acceptors (Lipinski definition) is 4. The van der Waals surface area contributed by atoms with Gasteiger partial charge in [-0.25, -0.2) is 0 Å². The van der Waals surface area contributed by atoms with Gasteiger partial charge < -0.3 is 14.6 Å². The molecule has 4 nitrogen and oxygen atoms in total. The maximum absolute atomic E-state index is 10.6. The Hall–Kier alpha value is -1.55. The maximum atomic E-state index is 10.6. The summed E-state index contributed by atoms with van der Waals surface area (Å²) in [5.41, 5.74) is 0.484. The van der Waals surface area contributed by atoms with Gasteiger partial charge in [0.1, 0.15) is 5.75 Å². The van der Waals surface area contributed by atoms with Gasteiger partial charge in [-0.15, -0.1) is 0 Å². The van der Waals surface area contributed by atoms with Crippen molar-refractivity contribution >= 4 is 23.9 Å². The number of aldehydes is 1. The van der Waals surface area contributed by atoms with E-state index in [1.54, 1.807) is 0 Å². The first kappa shape index (κ1) is 11.5. The zero-order valence-corrected chi connectivity index (χ0v) is 8.71. The molecule has 0 atom stereocenters. The first-order chi connectivity index (χ1) is 7.10. The summed E-state index contributed by atoms with van der Waals surface area (Å²) in [4.78, 5) is 21.1. The van der Waals surface area contributed by atoms with Gasteiger partial charge in [0.2, 0.25) is 0 Å². The number of aliphatic carboxylic acids is 1. The van der Waals surface area contributed by atoms with Crippen LogP contribution in [0.5, 0.6) is 5.75 Å². The molecular formula is C10H8ClO4-. The minimum atomic E-state index is -1.28. The van der Waals surface area contributed by atoms with Crippen LogP contribution < -0.4 is 9.84 Å². The molecule has 80 valence electrons. The van der Waals surface area contributed by atoms with Gasteiger partial charge in [0.25, 0.3) is 0 Å². The average Bonchev–Trinajstić information content (AvgIpc) is 2.20. The molecule has 0 saturated carbocycles. The Bertz CT molecular complexity index is 401. The van der Waals surface area contributed by atoms with E-state index in [2.05, 4.69) is 0 Å². The Morgan fingerprint density at radius 1 is 1.60 bits per heavy atom. The van der Waals surface area contributed by atoms with Gasteiger partial charge in [0, 0.05) is 23.5 Å². The Kier molecular flexibility index (Phi) is 3.68. The highest BCUT2D eigenvalue weighted by Gasteiger charge is 2.12. The molecule has 0 spiro atoms. The van der Waals surface area contributed by atoms with Gasteiger partial charge in [-0.2, -0.15) is 0 Å². The summed E-state index contributed by atoms with van der Waals surface area (Å²) in [5.74, 6) is -0.951. The van der Waals surface area contributed by atoms with Crippen LogP contribution in [0.25, 0.3) is 0 Å². The highest BCUT2D eigenvalue weighted by Crippen LogP contribution is 2.29. The minimum absolute atomic E-state index is 0.0913. The summed E-state index contributed by atoms with van der Waals surface area (Å²) >= 11 is 5.83. The van der Waals surface area contributed by atoms with E-state index < -0.39 is 5.97 Å². The van der Waals surface area contributed by atoms with Crippen molar-refractivity contribution in [2.75, 3.05) is 7.11 Å². The molecule has 0 aliphatic carbocycles. The Morgan fingerprint density at radius 2 is 2.27 bits per heavy atom. The molecule has 5 heteroatoms. The quantitative estimate of drug-likeness (QED) is 0.701. The number of carbonyl (C=O) groups is 2. The highest BCUT2D eigenvalue weighted by molar-refractivity contribution is 6.34. The number of carbonyl (C=O) groups excluding carboxylic acids is 2. The van der Waals surface area contributed by atoms with Crippen LogP contribution in [0.15, 0.2) is 12.1 Å². The predicted molar refractivity (Wildman–Crippen MR) is 52.1 cm³/mol. The fourth-order valence-electron chi connectivity index (χ4n) is 1.21. The zero-order chi connectivity index (χ0) is 11.4. The van der Waals surface area contributed by atoms with Crippen molar-refractivity contribution in [3.63, 3.8) is 0 Å². The van der Waals surface area contributed by atoms with E-state index in [1.807, 2.05) is 0 Å². The molecule has 0 bridgehead atoms. The van der Waals surface area contributed by atoms with E-state index >= 15 is 0 Å². The van der Waals surface area contributed by atoms with Crippen molar-refractivity contribution in [3.8, 4) is 5.75 Å². The molecule has 0 aliphatic heterocycles. The van der Waals surface area contributed by atoms with E-state index in [1.165, 1.54) is 19.2 Å². The lowest BCUT2D eigenvalue weighted by Crippen LogP contribution is -2.24. The van der Waals surface area contributed by atoms with Gasteiger partial charge in [-0.05, 0) is 12.1 Å². The fraction of sp³-hybridized carbons (Fsp3) is 0.200. The van der Waals surface area contributed by atoms with Crippen LogP contribution in [0.4, 0.5) is 0 Å². The van der Waals surface area contributed by atoms with Gasteiger partial charge >= 0.3 is 0 Å². The first-order valence-corrected chi connectivity index (χ1v) is 4.48. The Labute approximate surface area is 91.4 Å². The van der Waals surface area contributed by atoms with E-state index in [9.17, 15) is 14.7 Å². The monoisotopic (exact) mass is 227 g/mol. The average molecular weight is 228 g/mol. The molecule has 0 fully saturated rings. The van der Waals surface area contributed by atoms with Crippen molar-refractivity contribution in [2.24, 2.45) is 0 Å². The molecule has 15 heavy (non-hydrogen) atoms. The number of carboxylic acids is 1. The van der Waals surface area contributed by atoms with Crippen molar-refractivity contribution in [1.82, 2.24) is 0 Å². The van der Waals surface area contributed by atoms with Crippen molar-refractivity contribution in [2.45, 2.75) is 6.42 Å². The number of methoxy groups -OCH3 is 1. The van der Waals surface area contributed by atoms with Gasteiger partial charge in [0.05, 0.1) is 12.1 Å². The summed E-state index contributed by atoms with van der Waals surface area (Å²) in [6.07, 6.45) is 0.171. The summed E-state index contributed by atoms with van der Waals surface area (Å²) in [6.45, 7) is 0. The number of rotatable bonds is 4. The summed E-state index contributed by atoms with van der Waals surface area (Å²) in [7, 11) is 1.39. The minimum Gasteiger partial charge on any atom is -0.550 e. The molecular weight excluding hydrogens is 220 g/mol. The van der Waals surface area contributed by atoms with E-state index in [0.717, 1.165) is 0 Å². The second-order valence-corrected chi connectivity index (χ2v) is 3.19. The Morgan fingerprint density at radius 3 is 2.73 bits per heavy atom. The molecule has 0 heterocycles. The lowest BCUT2D eigenvalue weighted by molar-refractivity contribution is -0.304. The second kappa shape index (κ2) is 4.79. The van der Waals surface area contributed by atoms with Crippen molar-refractivity contribution in [3.05, 3.63) is 28.3 Å². The lowest BCUT2D eigenvalue weighted by Gasteiger charge is -2.12. The van der Waals surface area contributed by atoms with Crippen LogP contribution >= 0.6 is 11.6 Å². The SMILES string of the molecule is COc1ccc(C=O)c(Cl)c1CC(=O)[O-]. The molecule has 0 amide bonds. The maximum Gasteiger partial charge on any atom is 0.151 e. The smallest absolute Gasteiger partial charge is 0.151 e. The largest absolute Gasteiger partial charge is 0.550 e. The predicted octanol–water partition coefficient (Wildman–Crippen LogP) is 0.453. The van der Waals surface area contributed by atoms with Gasteiger partial charge in [-0.1, -0.05) is 11.6 Å². The topological polar surface area (TPSA) is 66.4 Å². The summed E-state index contributed by atoms with van der Waals surface area (Å²) < 4.78 is 4.94. The number of carboxylic acid groups (broad SMARTS) is 1. The van der Waals surface area contributed by atoms with Crippen molar-refractivity contribution in [1.29, 1.82) is 0 Å². The molecule has 1 aromatic rings. The van der Waals surface area contributed by atoms with Gasteiger partial charge in [-0.3, -0.25) is 4.79 Å². The standard InChI is InChI=1S/C10H9ClO4/c1-15-8-3-2-6(5-12)10(11)7(8)4-9(13)14/h2-3,5H,4H2,1H3,(H,13,14)/p-1. The van der Waals surface area contributed by atoms with E-state index in [-0.39, 0.29) is 22.6 Å². The summed E-state index contributed by atoms with van der Waals surface area (Å²) in [6, 6.07) is 2.96. The normalized spacial score (nSPS) is 9.73. The van der Waals surface area contributed by atoms with Crippen LogP contribution in [-0.4, -0.2) is 19.4 Å². The van der Waals surface area contributed by atoms with E-state index in [0.29, 0.717) is 12.0 Å². The van der Waals surface area contributed by atoms with Crippen LogP contribution in [0, 0.1) is 0 Å². The third kappa shape index (κ3) is 2.47. The van der Waals surface area contributed by atoms with Crippen LogP contribution in [-0.2, 0) is 11.2 Å². The molecule has 0 radical (unpaired) electrons. The molecule has 0 unspecified atom stereocenters. The third-order valence-corrected chi connectivity index (χ3v) is 2.34. The number of hydrogen-bond donors (Lipinski definition) is 0. The number of halogens is 1. The van der Waals surface area contributed by atoms with E-state index in [4.69, 9.17) is 16.3 Å². The molecule has 1 aromatic carbocycles. The molecule has 0 N–H and O–H groups in total. The third-order valence-electron chi connectivity index (χ3n) is 1.90. The van der Waals surface area contributed by atoms with Crippen LogP contribution in [0.3, 0.4) is 0 Å². The van der Waals surface area contributed by atoms with Crippen molar-refractivity contribution < 1.29 is 19.4 Å². The van der Waals surface area contributed by atoms with Crippen LogP contribution in [0.2, 0.25) is 5.02 Å². The number of benzene rings is 1. The highest BCUT2D eigenvalue weighted by atomic mass is 35.5. The second-order valence-electron chi connectivity index (χ2n) is 2.82. The molecule has 1 rings (SSSR count). The molecule has 0 saturated heterocycles.